The fourth-order valence-corrected chi connectivity index (χ4v) is 4.72. The third-order valence-corrected chi connectivity index (χ3v) is 6.35. The predicted octanol–water partition coefficient (Wildman–Crippen LogP) is 4.59. The van der Waals surface area contributed by atoms with Gasteiger partial charge in [0, 0.05) is 16.4 Å². The summed E-state index contributed by atoms with van der Waals surface area (Å²) in [6.45, 7) is 4.14. The summed E-state index contributed by atoms with van der Waals surface area (Å²) in [4.78, 5) is 0.273. The molecular weight excluding hydrogens is 439 g/mol. The molecule has 0 saturated carbocycles. The SMILES string of the molecule is C=CCn1c(-c2ccc(Br)cc2)csc1=NS(=O)(=O)c1ccc(F)cc1. The van der Waals surface area contributed by atoms with Gasteiger partial charge >= 0.3 is 0 Å². The molecule has 0 atom stereocenters. The molecule has 1 heterocycles. The highest BCUT2D eigenvalue weighted by atomic mass is 79.9. The van der Waals surface area contributed by atoms with Crippen LogP contribution in [0.4, 0.5) is 4.39 Å². The molecule has 0 spiro atoms. The highest BCUT2D eigenvalue weighted by Crippen LogP contribution is 2.23. The molecule has 0 N–H and O–H groups in total. The lowest BCUT2D eigenvalue weighted by Crippen LogP contribution is -2.17. The standard InChI is InChI=1S/C18H14BrFN2O2S2/c1-2-11-22-17(13-3-5-14(19)6-4-13)12-25-18(22)21-26(23,24)16-9-7-15(20)8-10-16/h2-10,12H,1,11H2. The Morgan fingerprint density at radius 2 is 1.81 bits per heavy atom. The Hall–Kier alpha value is -2.03. The zero-order chi connectivity index (χ0) is 18.7. The van der Waals surface area contributed by atoms with Crippen LogP contribution in [-0.2, 0) is 16.6 Å². The van der Waals surface area contributed by atoms with Gasteiger partial charge in [-0.3, -0.25) is 0 Å². The molecule has 4 nitrogen and oxygen atoms in total. The molecule has 0 bridgehead atoms. The van der Waals surface area contributed by atoms with Crippen molar-refractivity contribution >= 4 is 37.3 Å². The van der Waals surface area contributed by atoms with E-state index in [0.29, 0.717) is 11.3 Å². The molecule has 3 aromatic rings. The first kappa shape index (κ1) is 18.8. The summed E-state index contributed by atoms with van der Waals surface area (Å²) >= 11 is 4.62. The van der Waals surface area contributed by atoms with Crippen LogP contribution in [0, 0.1) is 5.82 Å². The number of sulfonamides is 1. The molecule has 0 fully saturated rings. The van der Waals surface area contributed by atoms with Crippen molar-refractivity contribution in [1.82, 2.24) is 4.57 Å². The summed E-state index contributed by atoms with van der Waals surface area (Å²) in [7, 11) is -3.94. The molecule has 0 unspecified atom stereocenters. The quantitative estimate of drug-likeness (QED) is 0.531. The van der Waals surface area contributed by atoms with Gasteiger partial charge in [-0.05, 0) is 42.0 Å². The van der Waals surface area contributed by atoms with Gasteiger partial charge in [0.25, 0.3) is 10.0 Å². The van der Waals surface area contributed by atoms with Crippen molar-refractivity contribution < 1.29 is 12.8 Å². The number of aromatic nitrogens is 1. The van der Waals surface area contributed by atoms with Crippen molar-refractivity contribution in [1.29, 1.82) is 0 Å². The van der Waals surface area contributed by atoms with E-state index in [9.17, 15) is 12.8 Å². The molecule has 2 aromatic carbocycles. The van der Waals surface area contributed by atoms with Gasteiger partial charge in [0.1, 0.15) is 5.82 Å². The summed E-state index contributed by atoms with van der Waals surface area (Å²) in [5.41, 5.74) is 1.78. The van der Waals surface area contributed by atoms with E-state index in [4.69, 9.17) is 0 Å². The van der Waals surface area contributed by atoms with E-state index < -0.39 is 15.8 Å². The summed E-state index contributed by atoms with van der Waals surface area (Å²) in [5.74, 6) is -0.501. The molecule has 0 aliphatic rings. The molecule has 0 aliphatic heterocycles. The van der Waals surface area contributed by atoms with Gasteiger partial charge in [0.15, 0.2) is 0 Å². The van der Waals surface area contributed by atoms with Gasteiger partial charge in [-0.2, -0.15) is 8.42 Å². The van der Waals surface area contributed by atoms with Crippen LogP contribution in [0.15, 0.2) is 80.3 Å². The molecule has 0 amide bonds. The third kappa shape index (κ3) is 4.03. The van der Waals surface area contributed by atoms with Gasteiger partial charge in [0.2, 0.25) is 4.80 Å². The first-order valence-corrected chi connectivity index (χ1v) is 10.6. The minimum atomic E-state index is -3.94. The smallest absolute Gasteiger partial charge is 0.285 e. The van der Waals surface area contributed by atoms with Gasteiger partial charge in [-0.1, -0.05) is 34.1 Å². The van der Waals surface area contributed by atoms with Crippen molar-refractivity contribution in [2.75, 3.05) is 0 Å². The van der Waals surface area contributed by atoms with E-state index in [-0.39, 0.29) is 4.90 Å². The molecular formula is C18H14BrFN2O2S2. The Balaban J connectivity index is 2.12. The molecule has 0 saturated heterocycles. The van der Waals surface area contributed by atoms with Gasteiger partial charge < -0.3 is 4.57 Å². The third-order valence-electron chi connectivity index (χ3n) is 3.56. The molecule has 1 aromatic heterocycles. The lowest BCUT2D eigenvalue weighted by molar-refractivity contribution is 0.594. The summed E-state index contributed by atoms with van der Waals surface area (Å²) in [6, 6.07) is 12.3. The van der Waals surface area contributed by atoms with Crippen LogP contribution < -0.4 is 4.80 Å². The average Bonchev–Trinajstić information content (AvgIpc) is 2.98. The van der Waals surface area contributed by atoms with Crippen LogP contribution in [-0.4, -0.2) is 13.0 Å². The number of benzene rings is 2. The molecule has 26 heavy (non-hydrogen) atoms. The van der Waals surface area contributed by atoms with E-state index in [1.807, 2.05) is 29.6 Å². The maximum absolute atomic E-state index is 13.0. The van der Waals surface area contributed by atoms with Crippen LogP contribution in [0.2, 0.25) is 0 Å². The predicted molar refractivity (Wildman–Crippen MR) is 105 cm³/mol. The second kappa shape index (κ2) is 7.69. The molecule has 3 rings (SSSR count). The maximum Gasteiger partial charge on any atom is 0.285 e. The lowest BCUT2D eigenvalue weighted by Gasteiger charge is -2.07. The Morgan fingerprint density at radius 1 is 1.15 bits per heavy atom. The van der Waals surface area contributed by atoms with Crippen LogP contribution in [0.5, 0.6) is 0 Å². The topological polar surface area (TPSA) is 51.4 Å². The first-order valence-electron chi connectivity index (χ1n) is 7.52. The number of hydrogen-bond donors (Lipinski definition) is 0. The zero-order valence-corrected chi connectivity index (χ0v) is 16.7. The normalized spacial score (nSPS) is 12.3. The van der Waals surface area contributed by atoms with E-state index >= 15 is 0 Å². The number of hydrogen-bond acceptors (Lipinski definition) is 3. The van der Waals surface area contributed by atoms with E-state index in [1.165, 1.54) is 23.5 Å². The zero-order valence-electron chi connectivity index (χ0n) is 13.5. The minimum absolute atomic E-state index is 0.0531. The highest BCUT2D eigenvalue weighted by molar-refractivity contribution is 9.10. The van der Waals surface area contributed by atoms with Crippen LogP contribution in [0.3, 0.4) is 0 Å². The van der Waals surface area contributed by atoms with Crippen LogP contribution in [0.1, 0.15) is 0 Å². The van der Waals surface area contributed by atoms with Crippen molar-refractivity contribution in [3.05, 3.63) is 81.7 Å². The van der Waals surface area contributed by atoms with Crippen molar-refractivity contribution in [3.63, 3.8) is 0 Å². The number of allylic oxidation sites excluding steroid dienone is 1. The first-order chi connectivity index (χ1) is 12.4. The summed E-state index contributed by atoms with van der Waals surface area (Å²) in [6.07, 6.45) is 1.68. The number of nitrogens with zero attached hydrogens (tertiary/aromatic N) is 2. The Kier molecular flexibility index (Phi) is 5.55. The van der Waals surface area contributed by atoms with Crippen molar-refractivity contribution in [2.45, 2.75) is 11.4 Å². The molecule has 0 radical (unpaired) electrons. The highest BCUT2D eigenvalue weighted by Gasteiger charge is 2.15. The molecule has 8 heteroatoms. The van der Waals surface area contributed by atoms with Gasteiger partial charge in [0.05, 0.1) is 10.6 Å². The Bertz CT molecular complexity index is 1100. The second-order valence-electron chi connectivity index (χ2n) is 5.33. The maximum atomic E-state index is 13.0. The largest absolute Gasteiger partial charge is 0.312 e. The van der Waals surface area contributed by atoms with Crippen LogP contribution in [0.25, 0.3) is 11.3 Å². The van der Waals surface area contributed by atoms with Crippen LogP contribution >= 0.6 is 27.3 Å². The number of rotatable bonds is 5. The molecule has 0 aliphatic carbocycles. The fourth-order valence-electron chi connectivity index (χ4n) is 2.32. The average molecular weight is 453 g/mol. The Labute approximate surface area is 163 Å². The van der Waals surface area contributed by atoms with Crippen molar-refractivity contribution in [2.24, 2.45) is 4.40 Å². The summed E-state index contributed by atoms with van der Waals surface area (Å²) in [5, 5.41) is 1.85. The number of thiazole rings is 1. The van der Waals surface area contributed by atoms with Gasteiger partial charge in [-0.15, -0.1) is 22.3 Å². The fraction of sp³-hybridized carbons (Fsp3) is 0.0556. The Morgan fingerprint density at radius 3 is 2.42 bits per heavy atom. The summed E-state index contributed by atoms with van der Waals surface area (Å²) < 4.78 is 44.8. The second-order valence-corrected chi connectivity index (χ2v) is 8.69. The minimum Gasteiger partial charge on any atom is -0.312 e. The molecule has 134 valence electrons. The van der Waals surface area contributed by atoms with Crippen molar-refractivity contribution in [3.8, 4) is 11.3 Å². The van der Waals surface area contributed by atoms with E-state index in [1.54, 1.807) is 10.6 Å². The lowest BCUT2D eigenvalue weighted by atomic mass is 10.2. The number of halogens is 2. The van der Waals surface area contributed by atoms with Gasteiger partial charge in [-0.25, -0.2) is 4.39 Å². The van der Waals surface area contributed by atoms with E-state index in [2.05, 4.69) is 26.9 Å². The monoisotopic (exact) mass is 452 g/mol. The van der Waals surface area contributed by atoms with E-state index in [0.717, 1.165) is 27.9 Å².